The molecule has 6 N–H and O–H groups in total. The van der Waals surface area contributed by atoms with E-state index in [1.165, 1.54) is 9.80 Å². The van der Waals surface area contributed by atoms with E-state index in [9.17, 15) is 51.3 Å². The van der Waals surface area contributed by atoms with Crippen LogP contribution in [0.4, 0.5) is 60.5 Å². The van der Waals surface area contributed by atoms with Crippen LogP contribution in [-0.4, -0.2) is 111 Å². The molecule has 0 aromatic heterocycles. The number of alkyl halides is 6. The Kier molecular flexibility index (Phi) is 10.5. The van der Waals surface area contributed by atoms with Gasteiger partial charge in [0.05, 0.1) is 71.7 Å². The second kappa shape index (κ2) is 14.4. The summed E-state index contributed by atoms with van der Waals surface area (Å²) in [4.78, 5) is 4.86. The molecule has 4 heterocycles. The van der Waals surface area contributed by atoms with E-state index < -0.39 is 70.1 Å². The monoisotopic (exact) mass is 744 g/mol. The SMILES string of the molecule is O=[PH](OCN1c2cc(N3CCOCC3)c(C(F)(F)F)cc2NC(O)C1O)OCN1c2cc(N3CCOCC3)c(C(F)(F)F)cc2NC(O)C1O. The number of aliphatic hydroxyl groups is 4. The van der Waals surface area contributed by atoms with Crippen LogP contribution in [0, 0.1) is 0 Å². The third kappa shape index (κ3) is 7.51. The van der Waals surface area contributed by atoms with Gasteiger partial charge in [0.1, 0.15) is 13.5 Å². The predicted molar refractivity (Wildman–Crippen MR) is 166 cm³/mol. The zero-order valence-electron chi connectivity index (χ0n) is 26.1. The van der Waals surface area contributed by atoms with Gasteiger partial charge in [-0.1, -0.05) is 0 Å². The molecule has 0 spiro atoms. The smallest absolute Gasteiger partial charge is 0.378 e. The molecular formula is C28H35F6N6O9P. The van der Waals surface area contributed by atoms with Crippen molar-refractivity contribution in [3.63, 3.8) is 0 Å². The fourth-order valence-corrected chi connectivity index (χ4v) is 6.69. The molecule has 4 atom stereocenters. The van der Waals surface area contributed by atoms with Crippen LogP contribution in [-0.2, 0) is 35.4 Å². The lowest BCUT2D eigenvalue weighted by molar-refractivity contribution is -0.138. The van der Waals surface area contributed by atoms with Crippen molar-refractivity contribution in [2.75, 3.05) is 96.3 Å². The molecule has 278 valence electrons. The number of hydrogen-bond donors (Lipinski definition) is 6. The summed E-state index contributed by atoms with van der Waals surface area (Å²) < 4.78 is 119. The normalized spacial score (nSPS) is 25.1. The van der Waals surface area contributed by atoms with Gasteiger partial charge in [0.25, 0.3) is 0 Å². The Balaban J connectivity index is 1.21. The number of benzene rings is 2. The van der Waals surface area contributed by atoms with E-state index in [1.54, 1.807) is 0 Å². The van der Waals surface area contributed by atoms with Gasteiger partial charge >= 0.3 is 20.6 Å². The number of rotatable bonds is 8. The molecule has 0 saturated carbocycles. The average molecular weight is 745 g/mol. The summed E-state index contributed by atoms with van der Waals surface area (Å²) in [6.07, 6.45) is -16.6. The van der Waals surface area contributed by atoms with Gasteiger partial charge in [-0.05, 0) is 24.3 Å². The third-order valence-electron chi connectivity index (χ3n) is 8.61. The standard InChI is InChI=1S/C28H35F6N6O9P/c29-27(30,31)15-9-17-21(11-19(15)37-1-5-46-6-2-37)39(25(43)23(41)35-17)13-48-50(45)49-14-40-22-12-20(38-3-7-47-8-4-38)16(28(32,33)34)10-18(22)36-24(42)26(40)44/h9-12,23-26,35-36,41-44,50H,1-8,13-14H2. The van der Waals surface area contributed by atoms with E-state index in [0.29, 0.717) is 0 Å². The Morgan fingerprint density at radius 3 is 1.36 bits per heavy atom. The van der Waals surface area contributed by atoms with Gasteiger partial charge in [-0.15, -0.1) is 0 Å². The zero-order valence-corrected chi connectivity index (χ0v) is 27.1. The van der Waals surface area contributed by atoms with Gasteiger partial charge in [0.15, 0.2) is 24.9 Å². The van der Waals surface area contributed by atoms with Crippen LogP contribution in [0.1, 0.15) is 11.1 Å². The highest BCUT2D eigenvalue weighted by atomic mass is 31.1. The average Bonchev–Trinajstić information content (AvgIpc) is 3.07. The van der Waals surface area contributed by atoms with Crippen LogP contribution in [0.25, 0.3) is 0 Å². The van der Waals surface area contributed by atoms with Gasteiger partial charge in [-0.25, -0.2) is 0 Å². The van der Waals surface area contributed by atoms with Crippen LogP contribution < -0.4 is 30.2 Å². The lowest BCUT2D eigenvalue weighted by Crippen LogP contribution is -2.52. The van der Waals surface area contributed by atoms with E-state index >= 15 is 0 Å². The van der Waals surface area contributed by atoms with Gasteiger partial charge < -0.3 is 60.1 Å². The second-order valence-electron chi connectivity index (χ2n) is 11.7. The van der Waals surface area contributed by atoms with Gasteiger partial charge in [-0.2, -0.15) is 26.3 Å². The van der Waals surface area contributed by atoms with Crippen molar-refractivity contribution in [1.29, 1.82) is 0 Å². The first-order valence-electron chi connectivity index (χ1n) is 15.4. The van der Waals surface area contributed by atoms with Crippen LogP contribution >= 0.6 is 8.25 Å². The van der Waals surface area contributed by atoms with Crippen LogP contribution in [0.15, 0.2) is 24.3 Å². The van der Waals surface area contributed by atoms with Crippen LogP contribution in [0.5, 0.6) is 0 Å². The van der Waals surface area contributed by atoms with Crippen molar-refractivity contribution in [3.8, 4) is 0 Å². The number of morpholine rings is 2. The van der Waals surface area contributed by atoms with Crippen molar-refractivity contribution in [1.82, 2.24) is 0 Å². The number of aliphatic hydroxyl groups excluding tert-OH is 4. The predicted octanol–water partition coefficient (Wildman–Crippen LogP) is 2.17. The van der Waals surface area contributed by atoms with E-state index in [4.69, 9.17) is 18.5 Å². The summed E-state index contributed by atoms with van der Waals surface area (Å²) in [7, 11) is -3.57. The zero-order chi connectivity index (χ0) is 36.0. The largest absolute Gasteiger partial charge is 0.418 e. The third-order valence-corrected chi connectivity index (χ3v) is 9.34. The summed E-state index contributed by atoms with van der Waals surface area (Å²) in [6.45, 7) is -0.166. The quantitative estimate of drug-likeness (QED) is 0.172. The first kappa shape index (κ1) is 36.5. The Morgan fingerprint density at radius 1 is 0.660 bits per heavy atom. The molecule has 2 fully saturated rings. The van der Waals surface area contributed by atoms with Crippen LogP contribution in [0.3, 0.4) is 0 Å². The Hall–Kier alpha value is -3.27. The van der Waals surface area contributed by atoms with Crippen molar-refractivity contribution in [2.24, 2.45) is 0 Å². The number of hydrogen-bond acceptors (Lipinski definition) is 15. The van der Waals surface area contributed by atoms with Crippen molar-refractivity contribution in [3.05, 3.63) is 35.4 Å². The fraction of sp³-hybridized carbons (Fsp3) is 0.571. The van der Waals surface area contributed by atoms with Crippen molar-refractivity contribution < 1.29 is 69.9 Å². The number of halogens is 6. The Labute approximate surface area is 281 Å². The maximum absolute atomic E-state index is 14.1. The molecule has 6 rings (SSSR count). The molecule has 0 bridgehead atoms. The maximum atomic E-state index is 14.1. The Bertz CT molecular complexity index is 1450. The van der Waals surface area contributed by atoms with Crippen molar-refractivity contribution in [2.45, 2.75) is 37.3 Å². The molecule has 0 radical (unpaired) electrons. The molecule has 4 aliphatic rings. The van der Waals surface area contributed by atoms with Crippen LogP contribution in [0.2, 0.25) is 0 Å². The number of anilines is 6. The number of ether oxygens (including phenoxy) is 2. The number of nitrogens with one attached hydrogen (secondary N) is 2. The van der Waals surface area contributed by atoms with Gasteiger partial charge in [0, 0.05) is 26.2 Å². The van der Waals surface area contributed by atoms with E-state index in [0.717, 1.165) is 34.1 Å². The Morgan fingerprint density at radius 2 is 1.02 bits per heavy atom. The summed E-state index contributed by atoms with van der Waals surface area (Å²) in [5.41, 5.74) is -2.84. The van der Waals surface area contributed by atoms with E-state index in [1.807, 2.05) is 0 Å². The molecule has 0 amide bonds. The summed E-state index contributed by atoms with van der Waals surface area (Å²) >= 11 is 0. The molecule has 50 heavy (non-hydrogen) atoms. The molecular weight excluding hydrogens is 709 g/mol. The van der Waals surface area contributed by atoms with Crippen molar-refractivity contribution >= 4 is 42.4 Å². The topological polar surface area (TPSA) is 172 Å². The first-order chi connectivity index (χ1) is 23.6. The van der Waals surface area contributed by atoms with E-state index in [2.05, 4.69) is 10.6 Å². The second-order valence-corrected chi connectivity index (χ2v) is 12.8. The summed E-state index contributed by atoms with van der Waals surface area (Å²) in [5, 5.41) is 47.0. The lowest BCUT2D eigenvalue weighted by Gasteiger charge is -2.41. The highest BCUT2D eigenvalue weighted by Gasteiger charge is 2.42. The lowest BCUT2D eigenvalue weighted by atomic mass is 10.0. The van der Waals surface area contributed by atoms with Gasteiger partial charge in [0.2, 0.25) is 0 Å². The molecule has 2 saturated heterocycles. The first-order valence-corrected chi connectivity index (χ1v) is 16.6. The molecule has 2 aromatic carbocycles. The summed E-state index contributed by atoms with van der Waals surface area (Å²) in [6, 6.07) is 3.88. The van der Waals surface area contributed by atoms with Gasteiger partial charge in [-0.3, -0.25) is 13.6 Å². The molecule has 22 heteroatoms. The number of nitrogens with zero attached hydrogens (tertiary/aromatic N) is 4. The number of fused-ring (bicyclic) bond motifs is 2. The minimum Gasteiger partial charge on any atom is -0.378 e. The molecule has 4 unspecified atom stereocenters. The molecule has 2 aromatic rings. The fourth-order valence-electron chi connectivity index (χ4n) is 6.12. The highest BCUT2D eigenvalue weighted by Crippen LogP contribution is 2.47. The minimum atomic E-state index is -4.77. The van der Waals surface area contributed by atoms with E-state index in [-0.39, 0.29) is 86.7 Å². The minimum absolute atomic E-state index is 0.0159. The summed E-state index contributed by atoms with van der Waals surface area (Å²) in [5.74, 6) is 0. The highest BCUT2D eigenvalue weighted by molar-refractivity contribution is 7.33. The molecule has 0 aliphatic carbocycles. The molecule has 15 nitrogen and oxygen atoms in total. The maximum Gasteiger partial charge on any atom is 0.418 e. The molecule has 4 aliphatic heterocycles.